The minimum absolute atomic E-state index is 0.0244. The number of hydrogen-bond acceptors (Lipinski definition) is 20. The molecule has 0 bridgehead atoms. The van der Waals surface area contributed by atoms with E-state index in [9.17, 15) is 62.7 Å². The van der Waals surface area contributed by atoms with Crippen LogP contribution in [-0.4, -0.2) is 135 Å². The molecule has 2 amide bonds. The fourth-order valence-electron chi connectivity index (χ4n) is 4.95. The maximum Gasteiger partial charge on any atom is 0.481 e. The van der Waals surface area contributed by atoms with Gasteiger partial charge in [-0.3, -0.25) is 37.3 Å². The number of carbonyl (C=O) groups excluding carboxylic acids is 4. The molecule has 2 unspecified atom stereocenters. The number of rotatable bonds is 24. The number of nitrogens with zero attached hydrogens (tertiary/aromatic N) is 4. The number of phosphoric acid groups is 3. The average molecular weight is 910 g/mol. The van der Waals surface area contributed by atoms with Crippen LogP contribution < -0.4 is 16.4 Å². The van der Waals surface area contributed by atoms with Crippen molar-refractivity contribution in [3.8, 4) is 0 Å². The van der Waals surface area contributed by atoms with Crippen LogP contribution in [0.4, 0.5) is 5.82 Å². The Balaban J connectivity index is 1.44. The maximum atomic E-state index is 12.7. The molecule has 3 heterocycles. The monoisotopic (exact) mass is 909 g/mol. The summed E-state index contributed by atoms with van der Waals surface area (Å²) in [5, 5.41) is 26.2. The normalized spacial score (nSPS) is 21.2. The third-order valence-electron chi connectivity index (χ3n) is 7.85. The number of aliphatic hydroxyl groups excluding tert-OH is 2. The van der Waals surface area contributed by atoms with Gasteiger partial charge in [0.25, 0.3) is 0 Å². The molecular formula is C28H46N7O19P3S. The number of aliphatic hydroxyl groups is 2. The van der Waals surface area contributed by atoms with Crippen LogP contribution in [0.2, 0.25) is 0 Å². The van der Waals surface area contributed by atoms with E-state index in [1.807, 2.05) is 0 Å². The van der Waals surface area contributed by atoms with Crippen molar-refractivity contribution in [3.05, 3.63) is 12.7 Å². The van der Waals surface area contributed by atoms with Gasteiger partial charge in [0.15, 0.2) is 22.8 Å². The highest BCUT2D eigenvalue weighted by atomic mass is 32.2. The Morgan fingerprint density at radius 3 is 2.38 bits per heavy atom. The van der Waals surface area contributed by atoms with Gasteiger partial charge in [0.1, 0.15) is 36.3 Å². The molecule has 0 saturated carbocycles. The summed E-state index contributed by atoms with van der Waals surface area (Å²) in [6.07, 6.45) is -5.63. The van der Waals surface area contributed by atoms with E-state index in [0.29, 0.717) is 18.6 Å². The number of nitrogens with one attached hydrogen (secondary N) is 2. The van der Waals surface area contributed by atoms with Crippen molar-refractivity contribution >= 4 is 75.1 Å². The van der Waals surface area contributed by atoms with Crippen LogP contribution in [0.3, 0.4) is 0 Å². The fourth-order valence-corrected chi connectivity index (χ4v) is 8.50. The SMILES string of the molecule is CC(=O)OCCCCC(=O)SCCNC(=O)CCNC(=O)[C@H](O)C(C)(C)COP(=O)(O)OP(=O)(O)OC[C@H]1O[C@@H](n2cnc3c(N)ncnc32)[C@H](O)[C@@H]1OP(=O)(O)O. The highest BCUT2D eigenvalue weighted by molar-refractivity contribution is 8.13. The van der Waals surface area contributed by atoms with Gasteiger partial charge in [0, 0.05) is 44.0 Å². The van der Waals surface area contributed by atoms with Gasteiger partial charge in [0.2, 0.25) is 11.8 Å². The summed E-state index contributed by atoms with van der Waals surface area (Å²) in [5.74, 6) is -1.60. The Morgan fingerprint density at radius 2 is 1.71 bits per heavy atom. The van der Waals surface area contributed by atoms with Gasteiger partial charge in [-0.15, -0.1) is 0 Å². The second kappa shape index (κ2) is 21.5. The highest BCUT2D eigenvalue weighted by Gasteiger charge is 2.50. The number of phosphoric ester groups is 3. The zero-order valence-electron chi connectivity index (χ0n) is 31.2. The Bertz CT molecular complexity index is 1900. The molecule has 0 aliphatic carbocycles. The second-order valence-corrected chi connectivity index (χ2v) is 18.5. The Hall–Kier alpha value is -2.97. The van der Waals surface area contributed by atoms with Crippen molar-refractivity contribution in [3.63, 3.8) is 0 Å². The molecule has 1 saturated heterocycles. The zero-order chi connectivity index (χ0) is 43.5. The molecule has 7 atom stereocenters. The minimum atomic E-state index is -5.58. The predicted molar refractivity (Wildman–Crippen MR) is 198 cm³/mol. The number of nitrogen functional groups attached to an aromatic ring is 1. The van der Waals surface area contributed by atoms with Crippen molar-refractivity contribution in [2.24, 2.45) is 5.41 Å². The molecule has 10 N–H and O–H groups in total. The first kappa shape index (κ1) is 49.4. The van der Waals surface area contributed by atoms with E-state index in [-0.39, 0.29) is 54.6 Å². The number of aromatic nitrogens is 4. The summed E-state index contributed by atoms with van der Waals surface area (Å²) in [6, 6.07) is 0. The third kappa shape index (κ3) is 15.9. The molecule has 26 nitrogen and oxygen atoms in total. The summed E-state index contributed by atoms with van der Waals surface area (Å²) >= 11 is 1.03. The number of amides is 2. The molecule has 58 heavy (non-hydrogen) atoms. The number of nitrogens with two attached hydrogens (primary N) is 1. The van der Waals surface area contributed by atoms with Gasteiger partial charge < -0.3 is 55.6 Å². The van der Waals surface area contributed by atoms with E-state index in [2.05, 4.69) is 34.4 Å². The number of carbonyl (C=O) groups is 4. The molecule has 1 aliphatic heterocycles. The third-order valence-corrected chi connectivity index (χ3v) is 11.9. The van der Waals surface area contributed by atoms with E-state index in [1.54, 1.807) is 0 Å². The van der Waals surface area contributed by atoms with E-state index in [0.717, 1.165) is 29.0 Å². The molecule has 0 radical (unpaired) electrons. The van der Waals surface area contributed by atoms with Crippen LogP contribution in [-0.2, 0) is 60.2 Å². The van der Waals surface area contributed by atoms with Crippen LogP contribution in [0.15, 0.2) is 12.7 Å². The fraction of sp³-hybridized carbons (Fsp3) is 0.679. The van der Waals surface area contributed by atoms with Crippen LogP contribution in [0.25, 0.3) is 11.2 Å². The van der Waals surface area contributed by atoms with Crippen molar-refractivity contribution in [1.29, 1.82) is 0 Å². The van der Waals surface area contributed by atoms with Crippen LogP contribution in [0.5, 0.6) is 0 Å². The molecule has 0 aromatic carbocycles. The quantitative estimate of drug-likeness (QED) is 0.0361. The van der Waals surface area contributed by atoms with Crippen LogP contribution >= 0.6 is 35.2 Å². The number of thioether (sulfide) groups is 1. The van der Waals surface area contributed by atoms with Gasteiger partial charge in [-0.2, -0.15) is 4.31 Å². The Labute approximate surface area is 334 Å². The molecule has 3 rings (SSSR count). The largest absolute Gasteiger partial charge is 0.481 e. The number of anilines is 1. The second-order valence-electron chi connectivity index (χ2n) is 13.1. The topological polar surface area (TPSA) is 390 Å². The van der Waals surface area contributed by atoms with Gasteiger partial charge in [0.05, 0.1) is 26.1 Å². The van der Waals surface area contributed by atoms with E-state index >= 15 is 0 Å². The lowest BCUT2D eigenvalue weighted by Gasteiger charge is -2.30. The maximum absolute atomic E-state index is 12.7. The number of ether oxygens (including phenoxy) is 2. The van der Waals surface area contributed by atoms with Gasteiger partial charge in [-0.1, -0.05) is 25.6 Å². The smallest absolute Gasteiger partial charge is 0.466 e. The molecule has 328 valence electrons. The molecule has 2 aromatic heterocycles. The van der Waals surface area contributed by atoms with Crippen molar-refractivity contribution < 1.29 is 90.0 Å². The van der Waals surface area contributed by atoms with Gasteiger partial charge in [-0.05, 0) is 12.8 Å². The number of esters is 1. The van der Waals surface area contributed by atoms with Gasteiger partial charge in [-0.25, -0.2) is 28.6 Å². The summed E-state index contributed by atoms with van der Waals surface area (Å²) in [4.78, 5) is 98.2. The van der Waals surface area contributed by atoms with E-state index in [1.165, 1.54) is 20.8 Å². The molecular weight excluding hydrogens is 863 g/mol. The summed E-state index contributed by atoms with van der Waals surface area (Å²) in [5.41, 5.74) is 4.23. The lowest BCUT2D eigenvalue weighted by Crippen LogP contribution is -2.46. The number of imidazole rings is 1. The van der Waals surface area contributed by atoms with E-state index < -0.39 is 90.5 Å². The summed E-state index contributed by atoms with van der Waals surface area (Å²) in [7, 11) is -16.4. The van der Waals surface area contributed by atoms with Crippen LogP contribution in [0.1, 0.15) is 52.7 Å². The molecule has 30 heteroatoms. The van der Waals surface area contributed by atoms with Crippen LogP contribution in [0, 0.1) is 5.41 Å². The highest BCUT2D eigenvalue weighted by Crippen LogP contribution is 2.61. The van der Waals surface area contributed by atoms with Crippen molar-refractivity contribution in [2.45, 2.75) is 77.1 Å². The Kier molecular flexibility index (Phi) is 18.3. The number of fused-ring (bicyclic) bond motifs is 1. The molecule has 1 fully saturated rings. The molecule has 1 aliphatic rings. The Morgan fingerprint density at radius 1 is 1.02 bits per heavy atom. The standard InChI is InChI=1S/C28H46N7O19P3S/c1-16(36)49-10-5-4-6-19(38)58-11-9-30-18(37)7-8-31-26(41)23(40)28(2,3)13-51-57(47,48)54-56(45,46)50-12-17-22(53-55(42,43)44)21(39)27(52-17)35-15-34-20-24(29)32-14-33-25(20)35/h14-15,17,21-23,27,39-40H,4-13H2,1-3H3,(H,30,37)(H,31,41)(H,45,46)(H,47,48)(H2,29,32,33)(H2,42,43,44)/t17-,21-,22-,23+,27-/m1/s1. The molecule has 2 aromatic rings. The summed E-state index contributed by atoms with van der Waals surface area (Å²) in [6.45, 7) is 1.91. The number of hydrogen-bond donors (Lipinski definition) is 9. The van der Waals surface area contributed by atoms with Gasteiger partial charge >= 0.3 is 29.4 Å². The predicted octanol–water partition coefficient (Wildman–Crippen LogP) is -0.602. The number of unbranched alkanes of at least 4 members (excludes halogenated alkanes) is 1. The first-order valence-corrected chi connectivity index (χ1v) is 22.6. The lowest BCUT2D eigenvalue weighted by atomic mass is 9.87. The van der Waals surface area contributed by atoms with Crippen molar-refractivity contribution in [1.82, 2.24) is 30.2 Å². The van der Waals surface area contributed by atoms with E-state index in [4.69, 9.17) is 24.3 Å². The zero-order valence-corrected chi connectivity index (χ0v) is 34.7. The first-order valence-electron chi connectivity index (χ1n) is 17.1. The minimum Gasteiger partial charge on any atom is -0.466 e. The molecule has 0 spiro atoms. The lowest BCUT2D eigenvalue weighted by molar-refractivity contribution is -0.141. The average Bonchev–Trinajstić information content (AvgIpc) is 3.67. The van der Waals surface area contributed by atoms with Crippen molar-refractivity contribution in [2.75, 3.05) is 44.4 Å². The summed E-state index contributed by atoms with van der Waals surface area (Å²) < 4.78 is 66.9. The first-order chi connectivity index (χ1) is 26.9.